The molecule has 0 aliphatic heterocycles. The van der Waals surface area contributed by atoms with Crippen LogP contribution < -0.4 is 0 Å². The van der Waals surface area contributed by atoms with Crippen LogP contribution in [0.4, 0.5) is 0 Å². The van der Waals surface area contributed by atoms with E-state index in [2.05, 4.69) is 32.9 Å². The maximum atomic E-state index is 5.38. The predicted octanol–water partition coefficient (Wildman–Crippen LogP) is 3.53. The number of hydrogen-bond donors (Lipinski definition) is 0. The van der Waals surface area contributed by atoms with Crippen molar-refractivity contribution in [3.8, 4) is 0 Å². The van der Waals surface area contributed by atoms with E-state index >= 15 is 0 Å². The Balaban J connectivity index is 2.98. The summed E-state index contributed by atoms with van der Waals surface area (Å²) in [4.78, 5) is 0. The van der Waals surface area contributed by atoms with E-state index in [1.807, 2.05) is 0 Å². The van der Waals surface area contributed by atoms with Crippen LogP contribution in [0, 0.1) is 27.4 Å². The molecule has 0 saturated heterocycles. The van der Waals surface area contributed by atoms with Crippen LogP contribution in [0.1, 0.15) is 28.7 Å². The van der Waals surface area contributed by atoms with E-state index in [-0.39, 0.29) is 0 Å². The first kappa shape index (κ1) is 10.0. The predicted molar refractivity (Wildman–Crippen MR) is 57.8 cm³/mol. The molecule has 1 radical (unpaired) electrons. The van der Waals surface area contributed by atoms with E-state index in [0.717, 1.165) is 12.8 Å². The first-order valence-electron chi connectivity index (χ1n) is 4.75. The van der Waals surface area contributed by atoms with E-state index in [4.69, 9.17) is 6.58 Å². The molecular formula is C13H17. The van der Waals surface area contributed by atoms with Crippen LogP contribution in [0.3, 0.4) is 0 Å². The van der Waals surface area contributed by atoms with Crippen LogP contribution in [0.2, 0.25) is 0 Å². The summed E-state index contributed by atoms with van der Waals surface area (Å²) in [6.45, 7) is 11.9. The van der Waals surface area contributed by atoms with Gasteiger partial charge in [-0.2, -0.15) is 0 Å². The lowest BCUT2D eigenvalue weighted by Gasteiger charge is -2.09. The minimum absolute atomic E-state index is 0.962. The SMILES string of the molecule is [CH]=CCCc1cc(C)cc(C)c1C. The van der Waals surface area contributed by atoms with Crippen molar-refractivity contribution in [2.24, 2.45) is 0 Å². The Morgan fingerprint density at radius 2 is 1.92 bits per heavy atom. The minimum Gasteiger partial charge on any atom is -0.0842 e. The van der Waals surface area contributed by atoms with Gasteiger partial charge in [-0.25, -0.2) is 0 Å². The van der Waals surface area contributed by atoms with E-state index in [1.165, 1.54) is 22.3 Å². The lowest BCUT2D eigenvalue weighted by atomic mass is 9.97. The second-order valence-corrected chi connectivity index (χ2v) is 3.64. The highest BCUT2D eigenvalue weighted by atomic mass is 14.1. The lowest BCUT2D eigenvalue weighted by molar-refractivity contribution is 0.979. The molecule has 1 aromatic rings. The zero-order chi connectivity index (χ0) is 9.84. The summed E-state index contributed by atoms with van der Waals surface area (Å²) in [6, 6.07) is 4.48. The van der Waals surface area contributed by atoms with Crippen molar-refractivity contribution in [2.45, 2.75) is 33.6 Å². The third-order valence-corrected chi connectivity index (χ3v) is 2.50. The molecule has 1 aromatic carbocycles. The van der Waals surface area contributed by atoms with Crippen LogP contribution in [0.15, 0.2) is 18.2 Å². The fraction of sp³-hybridized carbons (Fsp3) is 0.385. The molecule has 0 N–H and O–H groups in total. The Hall–Kier alpha value is -1.04. The number of aryl methyl sites for hydroxylation is 3. The molecule has 0 nitrogen and oxygen atoms in total. The highest BCUT2D eigenvalue weighted by Gasteiger charge is 2.01. The van der Waals surface area contributed by atoms with Crippen molar-refractivity contribution < 1.29 is 0 Å². The van der Waals surface area contributed by atoms with Gasteiger partial charge in [-0.3, -0.25) is 0 Å². The van der Waals surface area contributed by atoms with Gasteiger partial charge in [0.2, 0.25) is 0 Å². The Morgan fingerprint density at radius 1 is 1.23 bits per heavy atom. The van der Waals surface area contributed by atoms with E-state index < -0.39 is 0 Å². The normalized spacial score (nSPS) is 10.1. The van der Waals surface area contributed by atoms with Crippen LogP contribution in [0.25, 0.3) is 0 Å². The fourth-order valence-corrected chi connectivity index (χ4v) is 1.63. The Kier molecular flexibility index (Phi) is 3.30. The van der Waals surface area contributed by atoms with Gasteiger partial charge in [0.25, 0.3) is 0 Å². The summed E-state index contributed by atoms with van der Waals surface area (Å²) in [6.07, 6.45) is 3.76. The summed E-state index contributed by atoms with van der Waals surface area (Å²) in [5.74, 6) is 0. The zero-order valence-electron chi connectivity index (χ0n) is 8.72. The average Bonchev–Trinajstić information content (AvgIpc) is 2.09. The fourth-order valence-electron chi connectivity index (χ4n) is 1.63. The topological polar surface area (TPSA) is 0 Å². The second-order valence-electron chi connectivity index (χ2n) is 3.64. The molecule has 0 spiro atoms. The lowest BCUT2D eigenvalue weighted by Crippen LogP contribution is -1.93. The van der Waals surface area contributed by atoms with Gasteiger partial charge in [0, 0.05) is 0 Å². The van der Waals surface area contributed by atoms with Crippen LogP contribution in [0.5, 0.6) is 0 Å². The molecule has 0 aromatic heterocycles. The molecule has 13 heavy (non-hydrogen) atoms. The smallest absolute Gasteiger partial charge is 0.0241 e. The first-order chi connectivity index (χ1) is 6.15. The quantitative estimate of drug-likeness (QED) is 0.656. The molecule has 1 rings (SSSR count). The van der Waals surface area contributed by atoms with E-state index in [9.17, 15) is 0 Å². The molecular weight excluding hydrogens is 156 g/mol. The third-order valence-electron chi connectivity index (χ3n) is 2.50. The molecule has 0 unspecified atom stereocenters. The van der Waals surface area contributed by atoms with Crippen molar-refractivity contribution in [3.63, 3.8) is 0 Å². The van der Waals surface area contributed by atoms with Gasteiger partial charge in [0.1, 0.15) is 0 Å². The van der Waals surface area contributed by atoms with Gasteiger partial charge in [0.15, 0.2) is 0 Å². The van der Waals surface area contributed by atoms with E-state index in [0.29, 0.717) is 0 Å². The molecule has 0 amide bonds. The standard InChI is InChI=1S/C13H17/c1-5-6-7-13-9-10(2)8-11(3)12(13)4/h1,5,8-9H,6-7H2,2-4H3. The van der Waals surface area contributed by atoms with Crippen LogP contribution >= 0.6 is 0 Å². The maximum absolute atomic E-state index is 5.38. The number of rotatable bonds is 3. The van der Waals surface area contributed by atoms with Crippen LogP contribution in [-0.4, -0.2) is 0 Å². The van der Waals surface area contributed by atoms with Gasteiger partial charge < -0.3 is 0 Å². The third kappa shape index (κ3) is 2.45. The molecule has 0 atom stereocenters. The monoisotopic (exact) mass is 173 g/mol. The highest BCUT2D eigenvalue weighted by molar-refractivity contribution is 5.37. The van der Waals surface area contributed by atoms with Gasteiger partial charge in [0.05, 0.1) is 0 Å². The number of allylic oxidation sites excluding steroid dienone is 1. The highest BCUT2D eigenvalue weighted by Crippen LogP contribution is 2.17. The summed E-state index contributed by atoms with van der Waals surface area (Å²) in [5.41, 5.74) is 5.56. The molecule has 0 heteroatoms. The largest absolute Gasteiger partial charge is 0.0842 e. The average molecular weight is 173 g/mol. The van der Waals surface area contributed by atoms with Crippen LogP contribution in [-0.2, 0) is 6.42 Å². The molecule has 0 saturated carbocycles. The van der Waals surface area contributed by atoms with Crippen molar-refractivity contribution in [3.05, 3.63) is 47.0 Å². The van der Waals surface area contributed by atoms with Gasteiger partial charge in [-0.15, -0.1) is 0 Å². The zero-order valence-corrected chi connectivity index (χ0v) is 8.72. The van der Waals surface area contributed by atoms with Gasteiger partial charge in [-0.05, 0) is 50.3 Å². The van der Waals surface area contributed by atoms with E-state index in [1.54, 1.807) is 6.08 Å². The molecule has 69 valence electrons. The Labute approximate surface area is 81.3 Å². The molecule has 0 fully saturated rings. The first-order valence-corrected chi connectivity index (χ1v) is 4.75. The molecule has 0 aliphatic rings. The van der Waals surface area contributed by atoms with Crippen molar-refractivity contribution >= 4 is 0 Å². The van der Waals surface area contributed by atoms with Crippen molar-refractivity contribution in [1.29, 1.82) is 0 Å². The minimum atomic E-state index is 0.962. The molecule has 0 bridgehead atoms. The van der Waals surface area contributed by atoms with Crippen molar-refractivity contribution in [1.82, 2.24) is 0 Å². The van der Waals surface area contributed by atoms with Gasteiger partial charge in [-0.1, -0.05) is 30.4 Å². The summed E-state index contributed by atoms with van der Waals surface area (Å²) in [5, 5.41) is 0. The maximum Gasteiger partial charge on any atom is -0.0241 e. The van der Waals surface area contributed by atoms with Gasteiger partial charge >= 0.3 is 0 Å². The summed E-state index contributed by atoms with van der Waals surface area (Å²) in [7, 11) is 0. The van der Waals surface area contributed by atoms with Crippen molar-refractivity contribution in [2.75, 3.05) is 0 Å². The second kappa shape index (κ2) is 4.27. The number of hydrogen-bond acceptors (Lipinski definition) is 0. The summed E-state index contributed by atoms with van der Waals surface area (Å²) >= 11 is 0. The summed E-state index contributed by atoms with van der Waals surface area (Å²) < 4.78 is 0. The Morgan fingerprint density at radius 3 is 2.54 bits per heavy atom. The molecule has 0 aliphatic carbocycles. The Bertz CT molecular complexity index is 308. The molecule has 0 heterocycles. The number of benzene rings is 1.